The van der Waals surface area contributed by atoms with Crippen molar-refractivity contribution in [1.82, 2.24) is 14.5 Å². The summed E-state index contributed by atoms with van der Waals surface area (Å²) in [6.45, 7) is 0.690. The number of methoxy groups -OCH3 is 1. The normalized spacial score (nSPS) is 21.4. The van der Waals surface area contributed by atoms with Crippen molar-refractivity contribution in [2.24, 2.45) is 5.92 Å². The highest BCUT2D eigenvalue weighted by Crippen LogP contribution is 2.41. The monoisotopic (exact) mass is 526 g/mol. The molecule has 8 nitrogen and oxygen atoms in total. The summed E-state index contributed by atoms with van der Waals surface area (Å²) in [7, 11) is 1.38. The van der Waals surface area contributed by atoms with Gasteiger partial charge in [0.15, 0.2) is 0 Å². The first-order valence-electron chi connectivity index (χ1n) is 13.1. The third-order valence-electron chi connectivity index (χ3n) is 7.82. The Morgan fingerprint density at radius 1 is 1.13 bits per heavy atom. The SMILES string of the molecule is COC(=O)N1c2ccc3c(nc(Cc4cccc(OC(F)F)n4)n3[C@@H]3CCC[C@@H](C(C)=O)C3)c2CC[C@@H]1C. The van der Waals surface area contributed by atoms with Crippen LogP contribution in [0.3, 0.4) is 0 Å². The number of carbonyl (C=O) groups is 2. The van der Waals surface area contributed by atoms with Crippen LogP contribution in [0.4, 0.5) is 19.3 Å². The molecule has 0 unspecified atom stereocenters. The standard InChI is InChI=1S/C28H32F2N4O4/c1-16-10-11-21-22(33(16)28(36)37-3)12-13-23-26(21)32-24(15-19-7-5-9-25(31-19)38-27(29)30)34(23)20-8-4-6-18(14-20)17(2)35/h5,7,9,12-13,16,18,20,27H,4,6,8,10-11,14-15H2,1-3H3/t16-,18+,20+/m0/s1. The number of amides is 1. The van der Waals surface area contributed by atoms with Crippen LogP contribution in [0.2, 0.25) is 0 Å². The van der Waals surface area contributed by atoms with E-state index >= 15 is 0 Å². The van der Waals surface area contributed by atoms with Crippen molar-refractivity contribution in [3.8, 4) is 5.88 Å². The van der Waals surface area contributed by atoms with Gasteiger partial charge < -0.3 is 14.0 Å². The molecule has 10 heteroatoms. The number of Topliss-reactive ketones (excluding diaryl/α,β-unsaturated/α-hetero) is 1. The minimum atomic E-state index is -2.96. The van der Waals surface area contributed by atoms with E-state index in [1.54, 1.807) is 24.0 Å². The number of halogens is 2. The molecule has 38 heavy (non-hydrogen) atoms. The molecule has 1 saturated carbocycles. The van der Waals surface area contributed by atoms with Gasteiger partial charge in [-0.3, -0.25) is 9.69 Å². The van der Waals surface area contributed by atoms with Crippen LogP contribution >= 0.6 is 0 Å². The molecule has 3 aromatic rings. The van der Waals surface area contributed by atoms with Gasteiger partial charge in [0.2, 0.25) is 5.88 Å². The Labute approximate surface area is 219 Å². The average molecular weight is 527 g/mol. The van der Waals surface area contributed by atoms with Gasteiger partial charge in [-0.15, -0.1) is 0 Å². The van der Waals surface area contributed by atoms with Crippen LogP contribution in [0.1, 0.15) is 69.1 Å². The van der Waals surface area contributed by atoms with E-state index < -0.39 is 12.7 Å². The maximum Gasteiger partial charge on any atom is 0.414 e. The van der Waals surface area contributed by atoms with Crippen LogP contribution in [0.5, 0.6) is 5.88 Å². The lowest BCUT2D eigenvalue weighted by atomic mass is 9.83. The van der Waals surface area contributed by atoms with E-state index in [9.17, 15) is 18.4 Å². The van der Waals surface area contributed by atoms with Gasteiger partial charge in [-0.1, -0.05) is 12.5 Å². The van der Waals surface area contributed by atoms with Crippen molar-refractivity contribution < 1.29 is 27.8 Å². The number of anilines is 1. The number of fused-ring (bicyclic) bond motifs is 3. The Bertz CT molecular complexity index is 1360. The highest BCUT2D eigenvalue weighted by Gasteiger charge is 2.33. The van der Waals surface area contributed by atoms with E-state index in [0.29, 0.717) is 12.1 Å². The second kappa shape index (κ2) is 10.7. The number of pyridine rings is 1. The summed E-state index contributed by atoms with van der Waals surface area (Å²) in [6, 6.07) is 8.79. The van der Waals surface area contributed by atoms with Gasteiger partial charge in [0.05, 0.1) is 29.5 Å². The second-order valence-electron chi connectivity index (χ2n) is 10.2. The van der Waals surface area contributed by atoms with Crippen LogP contribution in [0.25, 0.3) is 11.0 Å². The lowest BCUT2D eigenvalue weighted by Crippen LogP contribution is -2.42. The van der Waals surface area contributed by atoms with Crippen molar-refractivity contribution in [1.29, 1.82) is 0 Å². The lowest BCUT2D eigenvalue weighted by molar-refractivity contribution is -0.122. The van der Waals surface area contributed by atoms with Crippen molar-refractivity contribution in [2.75, 3.05) is 12.0 Å². The molecule has 1 aliphatic heterocycles. The van der Waals surface area contributed by atoms with Crippen LogP contribution in [0, 0.1) is 5.92 Å². The van der Waals surface area contributed by atoms with Gasteiger partial charge in [-0.25, -0.2) is 14.8 Å². The number of carbonyl (C=O) groups excluding carboxylic acids is 2. The number of ether oxygens (including phenoxy) is 2. The quantitative estimate of drug-likeness (QED) is 0.400. The molecule has 0 spiro atoms. The van der Waals surface area contributed by atoms with Gasteiger partial charge in [-0.2, -0.15) is 8.78 Å². The Kier molecular flexibility index (Phi) is 7.32. The van der Waals surface area contributed by atoms with Crippen LogP contribution in [-0.4, -0.2) is 46.2 Å². The van der Waals surface area contributed by atoms with Crippen molar-refractivity contribution in [3.05, 3.63) is 47.4 Å². The molecule has 202 valence electrons. The number of imidazole rings is 1. The number of aryl methyl sites for hydroxylation is 1. The number of rotatable bonds is 6. The molecular weight excluding hydrogens is 494 g/mol. The first-order valence-corrected chi connectivity index (χ1v) is 13.1. The van der Waals surface area contributed by atoms with E-state index in [-0.39, 0.29) is 29.7 Å². The third-order valence-corrected chi connectivity index (χ3v) is 7.82. The maximum absolute atomic E-state index is 12.8. The molecule has 1 amide bonds. The summed E-state index contributed by atoms with van der Waals surface area (Å²) in [5.74, 6) is 0.787. The topological polar surface area (TPSA) is 86.5 Å². The van der Waals surface area contributed by atoms with Crippen LogP contribution in [-0.2, 0) is 22.4 Å². The predicted molar refractivity (Wildman–Crippen MR) is 138 cm³/mol. The molecule has 3 heterocycles. The maximum atomic E-state index is 12.8. The zero-order valence-electron chi connectivity index (χ0n) is 21.8. The van der Waals surface area contributed by atoms with Crippen molar-refractivity contribution >= 4 is 28.6 Å². The highest BCUT2D eigenvalue weighted by atomic mass is 19.3. The van der Waals surface area contributed by atoms with Gasteiger partial charge in [0.25, 0.3) is 0 Å². The second-order valence-corrected chi connectivity index (χ2v) is 10.2. The first kappa shape index (κ1) is 26.1. The summed E-state index contributed by atoms with van der Waals surface area (Å²) in [5, 5.41) is 0. The molecule has 0 saturated heterocycles. The summed E-state index contributed by atoms with van der Waals surface area (Å²) in [6.07, 6.45) is 4.87. The van der Waals surface area contributed by atoms with Gasteiger partial charge in [-0.05, 0) is 64.2 Å². The summed E-state index contributed by atoms with van der Waals surface area (Å²) in [4.78, 5) is 35.9. The first-order chi connectivity index (χ1) is 18.3. The van der Waals surface area contributed by atoms with E-state index in [4.69, 9.17) is 9.72 Å². The average Bonchev–Trinajstić information content (AvgIpc) is 3.26. The number of aromatic nitrogens is 3. The van der Waals surface area contributed by atoms with E-state index in [1.807, 2.05) is 19.1 Å². The Hall–Kier alpha value is -3.56. The van der Waals surface area contributed by atoms with Crippen LogP contribution < -0.4 is 9.64 Å². The van der Waals surface area contributed by atoms with E-state index in [1.165, 1.54) is 13.2 Å². The zero-order valence-corrected chi connectivity index (χ0v) is 21.8. The number of alkyl halides is 2. The Morgan fingerprint density at radius 2 is 1.95 bits per heavy atom. The summed E-state index contributed by atoms with van der Waals surface area (Å²) in [5.41, 5.74) is 4.07. The molecule has 2 aromatic heterocycles. The molecule has 1 aliphatic carbocycles. The van der Waals surface area contributed by atoms with E-state index in [0.717, 1.165) is 66.6 Å². The van der Waals surface area contributed by atoms with Gasteiger partial charge >= 0.3 is 12.7 Å². The molecule has 0 N–H and O–H groups in total. The molecule has 0 radical (unpaired) electrons. The highest BCUT2D eigenvalue weighted by molar-refractivity contribution is 5.95. The lowest BCUT2D eigenvalue weighted by Gasteiger charge is -2.34. The number of ketones is 1. The zero-order chi connectivity index (χ0) is 27.0. The fourth-order valence-electron chi connectivity index (χ4n) is 6.00. The largest absolute Gasteiger partial charge is 0.452 e. The smallest absolute Gasteiger partial charge is 0.414 e. The number of hydrogen-bond acceptors (Lipinski definition) is 6. The molecule has 3 atom stereocenters. The Morgan fingerprint density at radius 3 is 2.68 bits per heavy atom. The molecular formula is C28H32F2N4O4. The number of benzene rings is 1. The number of nitrogens with zero attached hydrogens (tertiary/aromatic N) is 4. The molecule has 5 rings (SSSR count). The fourth-order valence-corrected chi connectivity index (χ4v) is 6.00. The minimum absolute atomic E-state index is 0.00626. The molecule has 0 bridgehead atoms. The molecule has 1 aromatic carbocycles. The molecule has 2 aliphatic rings. The minimum Gasteiger partial charge on any atom is -0.452 e. The van der Waals surface area contributed by atoms with Crippen molar-refractivity contribution in [3.63, 3.8) is 0 Å². The van der Waals surface area contributed by atoms with Crippen LogP contribution in [0.15, 0.2) is 30.3 Å². The van der Waals surface area contributed by atoms with Gasteiger partial charge in [0.1, 0.15) is 11.6 Å². The fraction of sp³-hybridized carbons (Fsp3) is 0.500. The van der Waals surface area contributed by atoms with Gasteiger partial charge in [0, 0.05) is 36.1 Å². The third kappa shape index (κ3) is 4.96. The summed E-state index contributed by atoms with van der Waals surface area (Å²) >= 11 is 0. The predicted octanol–water partition coefficient (Wildman–Crippen LogP) is 5.85. The van der Waals surface area contributed by atoms with Crippen molar-refractivity contribution in [2.45, 2.75) is 77.5 Å². The number of hydrogen-bond donors (Lipinski definition) is 0. The van der Waals surface area contributed by atoms with E-state index in [2.05, 4.69) is 14.3 Å². The Balaban J connectivity index is 1.62. The molecule has 1 fully saturated rings. The summed E-state index contributed by atoms with van der Waals surface area (Å²) < 4.78 is 37.3.